The van der Waals surface area contributed by atoms with Gasteiger partial charge < -0.3 is 0 Å². The van der Waals surface area contributed by atoms with Gasteiger partial charge in [0.05, 0.1) is 19.6 Å². The van der Waals surface area contributed by atoms with Gasteiger partial charge in [-0.2, -0.15) is 4.59 Å². The molecule has 1 aliphatic rings. The number of hydrazine groups is 1. The summed E-state index contributed by atoms with van der Waals surface area (Å²) < 4.78 is 0.548. The van der Waals surface area contributed by atoms with Gasteiger partial charge in [0.15, 0.2) is 6.20 Å². The van der Waals surface area contributed by atoms with Crippen LogP contribution in [0, 0.1) is 0 Å². The van der Waals surface area contributed by atoms with Gasteiger partial charge in [-0.3, -0.25) is 0 Å². The smallest absolute Gasteiger partial charge is 0.216 e. The van der Waals surface area contributed by atoms with Gasteiger partial charge in [0, 0.05) is 12.3 Å². The molecule has 0 amide bonds. The highest BCUT2D eigenvalue weighted by Gasteiger charge is 2.35. The number of quaternary nitrogens is 1. The van der Waals surface area contributed by atoms with Crippen LogP contribution in [0.15, 0.2) is 36.8 Å². The average Bonchev–Trinajstić information content (AvgIpc) is 2.47. The SMILES string of the molecule is C[N+]1(C)C=C[N+](Oc2ccccn2)N1. The van der Waals surface area contributed by atoms with Crippen molar-refractivity contribution in [3.8, 4) is 5.88 Å². The van der Waals surface area contributed by atoms with Crippen LogP contribution in [0.4, 0.5) is 0 Å². The molecule has 1 aromatic heterocycles. The molecule has 5 nitrogen and oxygen atoms in total. The highest BCUT2D eigenvalue weighted by Crippen LogP contribution is 2.08. The Hall–Kier alpha value is -1.43. The van der Waals surface area contributed by atoms with Crippen LogP contribution in [0.25, 0.3) is 0 Å². The molecule has 0 fully saturated rings. The van der Waals surface area contributed by atoms with Crippen molar-refractivity contribution < 1.29 is 9.43 Å². The lowest BCUT2D eigenvalue weighted by Crippen LogP contribution is -2.53. The first-order chi connectivity index (χ1) is 6.66. The second-order valence-corrected chi connectivity index (χ2v) is 3.52. The van der Waals surface area contributed by atoms with E-state index in [-0.39, 0.29) is 0 Å². The zero-order valence-corrected chi connectivity index (χ0v) is 8.21. The summed E-state index contributed by atoms with van der Waals surface area (Å²) in [5, 5.41) is 1.53. The Bertz CT molecular complexity index is 336. The summed E-state index contributed by atoms with van der Waals surface area (Å²) in [6.45, 7) is 0. The second kappa shape index (κ2) is 3.38. The van der Waals surface area contributed by atoms with Crippen LogP contribution in [-0.4, -0.2) is 23.7 Å². The molecule has 2 heterocycles. The molecule has 1 N–H and O–H groups in total. The second-order valence-electron chi connectivity index (χ2n) is 3.52. The van der Waals surface area contributed by atoms with E-state index in [1.54, 1.807) is 12.3 Å². The molecule has 0 spiro atoms. The van der Waals surface area contributed by atoms with Gasteiger partial charge in [0.25, 0.3) is 12.1 Å². The molecular weight excluding hydrogens is 180 g/mol. The van der Waals surface area contributed by atoms with E-state index >= 15 is 0 Å². The number of rotatable bonds is 2. The molecule has 5 heteroatoms. The molecule has 0 atom stereocenters. The molecule has 14 heavy (non-hydrogen) atoms. The molecule has 1 radical (unpaired) electrons. The minimum atomic E-state index is 0.548. The van der Waals surface area contributed by atoms with Gasteiger partial charge >= 0.3 is 0 Å². The molecule has 73 valence electrons. The largest absolute Gasteiger partial charge is 0.293 e. The Kier molecular flexibility index (Phi) is 2.20. The standard InChI is InChI=1S/C9H13N4O/c1-13(2)8-7-12(11-13)14-9-5-3-4-6-10-9/h3-8,11H,1-2H3/q+2. The van der Waals surface area contributed by atoms with Crippen LogP contribution < -0.4 is 15.5 Å². The quantitative estimate of drug-likeness (QED) is 0.549. The van der Waals surface area contributed by atoms with Crippen molar-refractivity contribution in [1.29, 1.82) is 0 Å². The zero-order chi connectivity index (χ0) is 10.0. The molecule has 0 aliphatic carbocycles. The van der Waals surface area contributed by atoms with E-state index in [1.165, 1.54) is 5.17 Å². The van der Waals surface area contributed by atoms with Gasteiger partial charge in [-0.1, -0.05) is 6.07 Å². The normalized spacial score (nSPS) is 19.9. The lowest BCUT2D eigenvalue weighted by molar-refractivity contribution is -0.890. The maximum atomic E-state index is 5.42. The summed E-state index contributed by atoms with van der Waals surface area (Å²) in [6, 6.07) is 5.52. The number of pyridine rings is 1. The van der Waals surface area contributed by atoms with E-state index in [4.69, 9.17) is 4.84 Å². The average molecular weight is 193 g/mol. The van der Waals surface area contributed by atoms with Crippen molar-refractivity contribution >= 4 is 0 Å². The van der Waals surface area contributed by atoms with Crippen LogP contribution >= 0.6 is 0 Å². The Morgan fingerprint density at radius 3 is 2.86 bits per heavy atom. The highest BCUT2D eigenvalue weighted by atomic mass is 16.7. The van der Waals surface area contributed by atoms with Crippen molar-refractivity contribution in [2.75, 3.05) is 14.1 Å². The molecule has 1 aromatic rings. The molecule has 1 aliphatic heterocycles. The molecule has 0 saturated heterocycles. The molecular formula is C9H13N4O+2. The minimum Gasteiger partial charge on any atom is -0.216 e. The summed E-state index contributed by atoms with van der Waals surface area (Å²) in [7, 11) is 4.00. The number of hydrogen-bond acceptors (Lipinski definition) is 4. The highest BCUT2D eigenvalue weighted by molar-refractivity contribution is 5.09. The number of hydroxylamine groups is 1. The third kappa shape index (κ3) is 2.08. The fourth-order valence-corrected chi connectivity index (χ4v) is 1.10. The fraction of sp³-hybridized carbons (Fsp3) is 0.222. The zero-order valence-electron chi connectivity index (χ0n) is 8.21. The first-order valence-corrected chi connectivity index (χ1v) is 4.35. The number of aromatic nitrogens is 1. The molecule has 0 saturated carbocycles. The van der Waals surface area contributed by atoms with Crippen molar-refractivity contribution in [2.45, 2.75) is 0 Å². The van der Waals surface area contributed by atoms with Gasteiger partial charge in [-0.15, -0.1) is 0 Å². The van der Waals surface area contributed by atoms with Crippen molar-refractivity contribution in [3.05, 3.63) is 36.8 Å². The Balaban J connectivity index is 1.98. The third-order valence-corrected chi connectivity index (χ3v) is 1.76. The van der Waals surface area contributed by atoms with Crippen LogP contribution in [0.5, 0.6) is 5.88 Å². The number of hydrogen-bond donors (Lipinski definition) is 1. The maximum absolute atomic E-state index is 5.42. The summed E-state index contributed by atoms with van der Waals surface area (Å²) in [5.41, 5.74) is 3.08. The van der Waals surface area contributed by atoms with E-state index in [1.807, 2.05) is 38.6 Å². The van der Waals surface area contributed by atoms with E-state index in [0.717, 1.165) is 0 Å². The van der Waals surface area contributed by atoms with Crippen LogP contribution in [-0.2, 0) is 0 Å². The van der Waals surface area contributed by atoms with Gasteiger partial charge in [0.1, 0.15) is 0 Å². The van der Waals surface area contributed by atoms with Crippen molar-refractivity contribution in [1.82, 2.24) is 15.7 Å². The fourth-order valence-electron chi connectivity index (χ4n) is 1.10. The van der Waals surface area contributed by atoms with Gasteiger partial charge in [-0.25, -0.2) is 9.82 Å². The maximum Gasteiger partial charge on any atom is 0.293 e. The Morgan fingerprint density at radius 2 is 2.29 bits per heavy atom. The molecule has 0 unspecified atom stereocenters. The summed E-state index contributed by atoms with van der Waals surface area (Å²) in [6.07, 6.45) is 5.47. The van der Waals surface area contributed by atoms with Gasteiger partial charge in [0.2, 0.25) is 5.17 Å². The van der Waals surface area contributed by atoms with Gasteiger partial charge in [-0.05, 0) is 6.07 Å². The molecule has 0 bridgehead atoms. The lowest BCUT2D eigenvalue weighted by atomic mass is 10.5. The van der Waals surface area contributed by atoms with Crippen molar-refractivity contribution in [3.63, 3.8) is 0 Å². The van der Waals surface area contributed by atoms with Crippen LogP contribution in [0.3, 0.4) is 0 Å². The summed E-state index contributed by atoms with van der Waals surface area (Å²) in [5.74, 6) is 0.562. The first-order valence-electron chi connectivity index (χ1n) is 4.35. The monoisotopic (exact) mass is 193 g/mol. The summed E-state index contributed by atoms with van der Waals surface area (Å²) in [4.78, 5) is 9.46. The Morgan fingerprint density at radius 1 is 1.43 bits per heavy atom. The molecule has 2 rings (SSSR count). The predicted molar refractivity (Wildman–Crippen MR) is 51.4 cm³/mol. The lowest BCUT2D eigenvalue weighted by Gasteiger charge is -2.13. The number of nitrogens with one attached hydrogen (secondary N) is 1. The van der Waals surface area contributed by atoms with E-state index in [9.17, 15) is 0 Å². The summed E-state index contributed by atoms with van der Waals surface area (Å²) >= 11 is 0. The van der Waals surface area contributed by atoms with E-state index in [0.29, 0.717) is 10.5 Å². The van der Waals surface area contributed by atoms with Crippen LogP contribution in [0.1, 0.15) is 0 Å². The first kappa shape index (κ1) is 9.14. The topological polar surface area (TPSA) is 40.1 Å². The minimum absolute atomic E-state index is 0.548. The Labute approximate surface area is 82.7 Å². The third-order valence-electron chi connectivity index (χ3n) is 1.76. The predicted octanol–water partition coefficient (Wildman–Crippen LogP) is 0.496. The molecule has 0 aromatic carbocycles. The van der Waals surface area contributed by atoms with Crippen LogP contribution in [0.2, 0.25) is 0 Å². The van der Waals surface area contributed by atoms with Crippen molar-refractivity contribution in [2.24, 2.45) is 0 Å². The van der Waals surface area contributed by atoms with E-state index in [2.05, 4.69) is 10.5 Å². The number of nitrogens with zero attached hydrogens (tertiary/aromatic N) is 3. The van der Waals surface area contributed by atoms with E-state index < -0.39 is 0 Å².